The lowest BCUT2D eigenvalue weighted by Crippen LogP contribution is -2.25. The molecule has 0 aliphatic rings. The Hall–Kier alpha value is -4.64. The Bertz CT molecular complexity index is 1730. The van der Waals surface area contributed by atoms with E-state index in [1.807, 2.05) is 53.2 Å². The number of aromatic nitrogens is 1. The summed E-state index contributed by atoms with van der Waals surface area (Å²) in [6.07, 6.45) is 4.56. The highest BCUT2D eigenvalue weighted by molar-refractivity contribution is 6.16. The van der Waals surface area contributed by atoms with Crippen LogP contribution in [0.2, 0.25) is 0 Å². The quantitative estimate of drug-likeness (QED) is 0.127. The van der Waals surface area contributed by atoms with Crippen molar-refractivity contribution in [3.63, 3.8) is 0 Å². The molecule has 1 heterocycles. The number of hydrogen-bond acceptors (Lipinski definition) is 3. The molecule has 0 bridgehead atoms. The normalized spacial score (nSPS) is 11.6. The van der Waals surface area contributed by atoms with Gasteiger partial charge in [0.15, 0.2) is 5.78 Å². The van der Waals surface area contributed by atoms with Crippen molar-refractivity contribution in [3.8, 4) is 0 Å². The van der Waals surface area contributed by atoms with Gasteiger partial charge in [0.05, 0.1) is 6.04 Å². The van der Waals surface area contributed by atoms with Gasteiger partial charge in [-0.15, -0.1) is 0 Å². The second kappa shape index (κ2) is 14.6. The van der Waals surface area contributed by atoms with Crippen molar-refractivity contribution >= 4 is 28.3 Å². The average molecular weight is 615 g/mol. The minimum absolute atomic E-state index is 0.0392. The van der Waals surface area contributed by atoms with Crippen molar-refractivity contribution in [2.24, 2.45) is 11.8 Å². The van der Waals surface area contributed by atoms with Crippen molar-refractivity contribution in [3.05, 3.63) is 137 Å². The van der Waals surface area contributed by atoms with E-state index in [-0.39, 0.29) is 18.2 Å². The number of anilines is 1. The number of hydrogen-bond donors (Lipinski definition) is 1. The fourth-order valence-electron chi connectivity index (χ4n) is 6.44. The molecule has 4 aromatic carbocycles. The highest BCUT2D eigenvalue weighted by Gasteiger charge is 2.23. The predicted octanol–water partition coefficient (Wildman–Crippen LogP) is 9.36. The molecule has 0 aliphatic carbocycles. The molecule has 0 amide bonds. The number of aryl methyl sites for hydroxylation is 1. The fourth-order valence-corrected chi connectivity index (χ4v) is 6.44. The lowest BCUT2D eigenvalue weighted by Gasteiger charge is -2.32. The number of benzene rings is 4. The number of ketones is 1. The topological polar surface area (TPSA) is 62.5 Å². The van der Waals surface area contributed by atoms with E-state index in [1.165, 1.54) is 22.3 Å². The molecule has 238 valence electrons. The Labute approximate surface area is 273 Å². The lowest BCUT2D eigenvalue weighted by atomic mass is 9.92. The van der Waals surface area contributed by atoms with Gasteiger partial charge in [0.25, 0.3) is 0 Å². The third-order valence-electron chi connectivity index (χ3n) is 8.60. The second-order valence-corrected chi connectivity index (χ2v) is 13.3. The smallest absolute Gasteiger partial charge is 0.303 e. The van der Waals surface area contributed by atoms with Crippen LogP contribution in [-0.4, -0.2) is 28.5 Å². The van der Waals surface area contributed by atoms with E-state index in [1.54, 1.807) is 0 Å². The molecule has 5 aromatic rings. The second-order valence-electron chi connectivity index (χ2n) is 13.3. The van der Waals surface area contributed by atoms with E-state index in [0.29, 0.717) is 35.9 Å². The van der Waals surface area contributed by atoms with Crippen molar-refractivity contribution in [1.29, 1.82) is 0 Å². The number of carbonyl (C=O) groups excluding carboxylic acids is 1. The van der Waals surface area contributed by atoms with Crippen LogP contribution in [0.1, 0.15) is 84.8 Å². The molecule has 1 N–H and O–H groups in total. The largest absolute Gasteiger partial charge is 0.481 e. The Kier molecular flexibility index (Phi) is 10.4. The van der Waals surface area contributed by atoms with Gasteiger partial charge in [-0.2, -0.15) is 0 Å². The summed E-state index contributed by atoms with van der Waals surface area (Å²) in [7, 11) is 2.10. The highest BCUT2D eigenvalue weighted by atomic mass is 16.4. The zero-order chi connectivity index (χ0) is 32.8. The third kappa shape index (κ3) is 7.77. The minimum Gasteiger partial charge on any atom is -0.481 e. The van der Waals surface area contributed by atoms with Crippen LogP contribution in [0.3, 0.4) is 0 Å². The van der Waals surface area contributed by atoms with Crippen molar-refractivity contribution in [2.75, 3.05) is 11.9 Å². The maximum atomic E-state index is 14.1. The van der Waals surface area contributed by atoms with Gasteiger partial charge in [-0.25, -0.2) is 0 Å². The van der Waals surface area contributed by atoms with Crippen LogP contribution in [0.4, 0.5) is 5.69 Å². The Morgan fingerprint density at radius 2 is 1.35 bits per heavy atom. The van der Waals surface area contributed by atoms with Gasteiger partial charge in [-0.1, -0.05) is 107 Å². The first-order valence-electron chi connectivity index (χ1n) is 16.5. The molecule has 0 radical (unpaired) electrons. The van der Waals surface area contributed by atoms with Crippen LogP contribution >= 0.6 is 0 Å². The molecule has 0 fully saturated rings. The van der Waals surface area contributed by atoms with Crippen molar-refractivity contribution < 1.29 is 14.7 Å². The molecule has 5 heteroatoms. The first kappa shape index (κ1) is 32.7. The van der Waals surface area contributed by atoms with Gasteiger partial charge < -0.3 is 14.6 Å². The zero-order valence-corrected chi connectivity index (χ0v) is 27.7. The number of carboxylic acid groups (broad SMARTS) is 1. The van der Waals surface area contributed by atoms with Crippen molar-refractivity contribution in [1.82, 2.24) is 4.57 Å². The SMILES string of the molecule is CC(C)Cc1ccc(C(c2ccc(CC(C)C)cc2)N(C)c2cccc(C(=O)c3cn(CCCC(=O)O)c4ccccc34)c2)cc1. The van der Waals surface area contributed by atoms with E-state index >= 15 is 0 Å². The van der Waals surface area contributed by atoms with Crippen LogP contribution in [0.5, 0.6) is 0 Å². The fraction of sp³-hybridized carbons (Fsp3) is 0.317. The summed E-state index contributed by atoms with van der Waals surface area (Å²) in [6, 6.07) is 33.7. The lowest BCUT2D eigenvalue weighted by molar-refractivity contribution is -0.137. The molecule has 5 rings (SSSR count). The maximum Gasteiger partial charge on any atom is 0.303 e. The number of carbonyl (C=O) groups is 2. The molecular weight excluding hydrogens is 568 g/mol. The molecular formula is C41H46N2O3. The predicted molar refractivity (Wildman–Crippen MR) is 189 cm³/mol. The summed E-state index contributed by atoms with van der Waals surface area (Å²) < 4.78 is 2.00. The van der Waals surface area contributed by atoms with Gasteiger partial charge in [-0.3, -0.25) is 9.59 Å². The van der Waals surface area contributed by atoms with E-state index in [0.717, 1.165) is 29.4 Å². The van der Waals surface area contributed by atoms with Crippen molar-refractivity contribution in [2.45, 2.75) is 66.0 Å². The van der Waals surface area contributed by atoms with E-state index < -0.39 is 5.97 Å². The summed E-state index contributed by atoms with van der Waals surface area (Å²) in [5.74, 6) is 0.329. The molecule has 1 aromatic heterocycles. The molecule has 0 spiro atoms. The van der Waals surface area contributed by atoms with Crippen LogP contribution < -0.4 is 4.90 Å². The van der Waals surface area contributed by atoms with Crippen LogP contribution in [0, 0.1) is 11.8 Å². The number of fused-ring (bicyclic) bond motifs is 1. The molecule has 5 nitrogen and oxygen atoms in total. The van der Waals surface area contributed by atoms with Crippen LogP contribution in [0.15, 0.2) is 103 Å². The molecule has 0 atom stereocenters. The van der Waals surface area contributed by atoms with Gasteiger partial charge >= 0.3 is 5.97 Å². The number of aliphatic carboxylic acids is 1. The van der Waals surface area contributed by atoms with E-state index in [2.05, 4.69) is 94.2 Å². The number of para-hydroxylation sites is 1. The van der Waals surface area contributed by atoms with Crippen LogP contribution in [-0.2, 0) is 24.2 Å². The zero-order valence-electron chi connectivity index (χ0n) is 27.7. The number of nitrogens with zero attached hydrogens (tertiary/aromatic N) is 2. The summed E-state index contributed by atoms with van der Waals surface area (Å²) in [6.45, 7) is 9.52. The molecule has 0 saturated heterocycles. The van der Waals surface area contributed by atoms with Gasteiger partial charge in [-0.05, 0) is 71.6 Å². The van der Waals surface area contributed by atoms with Gasteiger partial charge in [0, 0.05) is 53.9 Å². The molecule has 0 aliphatic heterocycles. The van der Waals surface area contributed by atoms with Gasteiger partial charge in [0.2, 0.25) is 0 Å². The standard InChI is InChI=1S/C41H46N2O3/c1-28(2)24-30-15-19-32(20-16-30)40(33-21-17-31(18-22-33)25-29(3)4)42(5)35-11-8-10-34(26-35)41(46)37-27-43(23-9-14-39(44)45)38-13-7-6-12-36(37)38/h6-8,10-13,15-22,26-29,40H,9,14,23-25H2,1-5H3,(H,44,45). The summed E-state index contributed by atoms with van der Waals surface area (Å²) in [5.41, 5.74) is 8.22. The highest BCUT2D eigenvalue weighted by Crippen LogP contribution is 2.34. The maximum absolute atomic E-state index is 14.1. The van der Waals surface area contributed by atoms with Crippen LogP contribution in [0.25, 0.3) is 10.9 Å². The molecule has 0 saturated carbocycles. The molecule has 46 heavy (non-hydrogen) atoms. The first-order chi connectivity index (χ1) is 22.1. The summed E-state index contributed by atoms with van der Waals surface area (Å²) >= 11 is 0. The number of rotatable bonds is 14. The number of carboxylic acids is 1. The average Bonchev–Trinajstić information content (AvgIpc) is 3.40. The Balaban J connectivity index is 1.48. The summed E-state index contributed by atoms with van der Waals surface area (Å²) in [5, 5.41) is 10.00. The third-order valence-corrected chi connectivity index (χ3v) is 8.60. The Morgan fingerprint density at radius 1 is 0.761 bits per heavy atom. The first-order valence-corrected chi connectivity index (χ1v) is 16.5. The molecule has 0 unspecified atom stereocenters. The minimum atomic E-state index is -0.815. The summed E-state index contributed by atoms with van der Waals surface area (Å²) in [4.78, 5) is 27.4. The van der Waals surface area contributed by atoms with E-state index in [9.17, 15) is 9.59 Å². The van der Waals surface area contributed by atoms with E-state index in [4.69, 9.17) is 5.11 Å². The monoisotopic (exact) mass is 614 g/mol. The Morgan fingerprint density at radius 3 is 1.91 bits per heavy atom. The van der Waals surface area contributed by atoms with Gasteiger partial charge in [0.1, 0.15) is 0 Å².